The van der Waals surface area contributed by atoms with Crippen molar-refractivity contribution in [2.45, 2.75) is 55.5 Å². The molecule has 1 fully saturated rings. The third kappa shape index (κ3) is 4.24. The summed E-state index contributed by atoms with van der Waals surface area (Å²) in [5.41, 5.74) is 0. The number of amides is 1. The maximum absolute atomic E-state index is 12.3. The summed E-state index contributed by atoms with van der Waals surface area (Å²) in [4.78, 5) is 16.4. The topological polar surface area (TPSA) is 85.6 Å². The predicted octanol–water partition coefficient (Wildman–Crippen LogP) is 3.35. The van der Waals surface area contributed by atoms with E-state index >= 15 is 0 Å². The third-order valence-electron chi connectivity index (χ3n) is 4.01. The molecule has 9 heteroatoms. The van der Waals surface area contributed by atoms with Gasteiger partial charge in [-0.05, 0) is 42.3 Å². The number of hydrogen-bond acceptors (Lipinski definition) is 6. The molecule has 1 saturated carbocycles. The molecular weight excluding hydrogens is 348 g/mol. The van der Waals surface area contributed by atoms with Crippen LogP contribution < -0.4 is 5.32 Å². The fourth-order valence-corrected chi connectivity index (χ4v) is 3.68. The monoisotopic (exact) mass is 366 g/mol. The molecule has 2 aromatic heterocycles. The molecule has 0 radical (unpaired) electrons. The molecule has 24 heavy (non-hydrogen) atoms. The SMILES string of the molecule is C[C@@H](Sc1nnnn1C1CCCCC1)C(=O)Nc1ccc(Cl)cn1. The number of carbonyl (C=O) groups excluding carboxylic acids is 1. The fraction of sp³-hybridized carbons (Fsp3) is 0.533. The van der Waals surface area contributed by atoms with E-state index in [1.807, 2.05) is 11.6 Å². The molecule has 2 aromatic rings. The molecule has 0 aromatic carbocycles. The summed E-state index contributed by atoms with van der Waals surface area (Å²) in [6, 6.07) is 3.69. The molecule has 0 spiro atoms. The molecule has 1 aliphatic rings. The van der Waals surface area contributed by atoms with Gasteiger partial charge in [0, 0.05) is 6.20 Å². The van der Waals surface area contributed by atoms with Gasteiger partial charge in [-0.1, -0.05) is 42.6 Å². The maximum atomic E-state index is 12.3. The van der Waals surface area contributed by atoms with Crippen molar-refractivity contribution in [3.63, 3.8) is 0 Å². The van der Waals surface area contributed by atoms with Crippen molar-refractivity contribution in [1.29, 1.82) is 0 Å². The lowest BCUT2D eigenvalue weighted by atomic mass is 9.96. The van der Waals surface area contributed by atoms with Crippen LogP contribution in [0, 0.1) is 0 Å². The van der Waals surface area contributed by atoms with Gasteiger partial charge in [0.05, 0.1) is 16.3 Å². The minimum absolute atomic E-state index is 0.145. The van der Waals surface area contributed by atoms with E-state index in [2.05, 4.69) is 25.8 Å². The van der Waals surface area contributed by atoms with Crippen molar-refractivity contribution in [2.75, 3.05) is 5.32 Å². The van der Waals surface area contributed by atoms with Crippen LogP contribution in [0.1, 0.15) is 45.1 Å². The summed E-state index contributed by atoms with van der Waals surface area (Å²) in [6.07, 6.45) is 7.36. The van der Waals surface area contributed by atoms with Gasteiger partial charge in [0.25, 0.3) is 0 Å². The molecule has 3 rings (SSSR count). The molecule has 0 saturated heterocycles. The Hall–Kier alpha value is -1.67. The van der Waals surface area contributed by atoms with Crippen molar-refractivity contribution in [3.8, 4) is 0 Å². The maximum Gasteiger partial charge on any atom is 0.238 e. The van der Waals surface area contributed by atoms with Crippen LogP contribution in [-0.4, -0.2) is 36.3 Å². The Morgan fingerprint density at radius 1 is 1.38 bits per heavy atom. The average Bonchev–Trinajstić information content (AvgIpc) is 3.05. The Bertz CT molecular complexity index is 686. The van der Waals surface area contributed by atoms with Crippen LogP contribution in [0.4, 0.5) is 5.82 Å². The minimum Gasteiger partial charge on any atom is -0.310 e. The highest BCUT2D eigenvalue weighted by Gasteiger charge is 2.24. The number of nitrogens with zero attached hydrogens (tertiary/aromatic N) is 5. The van der Waals surface area contributed by atoms with Crippen LogP contribution in [0.5, 0.6) is 0 Å². The summed E-state index contributed by atoms with van der Waals surface area (Å²) in [7, 11) is 0. The van der Waals surface area contributed by atoms with E-state index in [1.165, 1.54) is 37.2 Å². The van der Waals surface area contributed by atoms with E-state index in [9.17, 15) is 4.79 Å². The summed E-state index contributed by atoms with van der Waals surface area (Å²) in [6.45, 7) is 1.83. The van der Waals surface area contributed by atoms with Crippen LogP contribution in [0.2, 0.25) is 5.02 Å². The lowest BCUT2D eigenvalue weighted by molar-refractivity contribution is -0.115. The Labute approximate surface area is 149 Å². The van der Waals surface area contributed by atoms with Crippen LogP contribution in [0.3, 0.4) is 0 Å². The first kappa shape index (κ1) is 17.2. The average molecular weight is 367 g/mol. The van der Waals surface area contributed by atoms with Crippen LogP contribution in [0.25, 0.3) is 0 Å². The first-order valence-electron chi connectivity index (χ1n) is 8.00. The van der Waals surface area contributed by atoms with E-state index in [4.69, 9.17) is 11.6 Å². The van der Waals surface area contributed by atoms with Crippen LogP contribution in [0.15, 0.2) is 23.5 Å². The Kier molecular flexibility index (Phi) is 5.68. The summed E-state index contributed by atoms with van der Waals surface area (Å²) in [5.74, 6) is 0.330. The number of tetrazole rings is 1. The van der Waals surface area contributed by atoms with Crippen molar-refractivity contribution in [3.05, 3.63) is 23.4 Å². The number of hydrogen-bond donors (Lipinski definition) is 1. The highest BCUT2D eigenvalue weighted by molar-refractivity contribution is 8.00. The number of aromatic nitrogens is 5. The van der Waals surface area contributed by atoms with Crippen molar-refractivity contribution >= 4 is 35.1 Å². The first-order valence-corrected chi connectivity index (χ1v) is 9.26. The number of thioether (sulfide) groups is 1. The first-order chi connectivity index (χ1) is 11.6. The van der Waals surface area contributed by atoms with Gasteiger partial charge >= 0.3 is 0 Å². The van der Waals surface area contributed by atoms with Gasteiger partial charge in [0.1, 0.15) is 5.82 Å². The number of carbonyl (C=O) groups is 1. The zero-order valence-corrected chi connectivity index (χ0v) is 14.9. The molecule has 0 unspecified atom stereocenters. The smallest absolute Gasteiger partial charge is 0.238 e. The number of anilines is 1. The van der Waals surface area contributed by atoms with Gasteiger partial charge in [0.15, 0.2) is 0 Å². The number of halogens is 1. The van der Waals surface area contributed by atoms with Gasteiger partial charge < -0.3 is 5.32 Å². The number of pyridine rings is 1. The second-order valence-electron chi connectivity index (χ2n) is 5.81. The zero-order valence-electron chi connectivity index (χ0n) is 13.4. The normalized spacial score (nSPS) is 16.8. The number of rotatable bonds is 5. The van der Waals surface area contributed by atoms with E-state index in [0.717, 1.165) is 12.8 Å². The molecule has 128 valence electrons. The van der Waals surface area contributed by atoms with Crippen molar-refractivity contribution in [2.24, 2.45) is 0 Å². The standard InChI is InChI=1S/C15H19ClN6OS/c1-10(14(23)18-13-8-7-11(16)9-17-13)24-15-19-20-21-22(15)12-5-3-2-4-6-12/h7-10,12H,2-6H2,1H3,(H,17,18,23)/t10-/m1/s1. The molecule has 0 aliphatic heterocycles. The lowest BCUT2D eigenvalue weighted by Crippen LogP contribution is -2.24. The van der Waals surface area contributed by atoms with E-state index in [1.54, 1.807) is 12.1 Å². The van der Waals surface area contributed by atoms with Gasteiger partial charge in [-0.3, -0.25) is 4.79 Å². The molecule has 2 heterocycles. The lowest BCUT2D eigenvalue weighted by Gasteiger charge is -2.22. The molecule has 7 nitrogen and oxygen atoms in total. The summed E-state index contributed by atoms with van der Waals surface area (Å²) < 4.78 is 1.87. The fourth-order valence-electron chi connectivity index (χ4n) is 2.71. The quantitative estimate of drug-likeness (QED) is 0.817. The van der Waals surface area contributed by atoms with E-state index < -0.39 is 0 Å². The number of nitrogens with one attached hydrogen (secondary N) is 1. The predicted molar refractivity (Wildman–Crippen MR) is 93.1 cm³/mol. The van der Waals surface area contributed by atoms with Crippen LogP contribution in [-0.2, 0) is 4.79 Å². The minimum atomic E-state index is -0.337. The molecular formula is C15H19ClN6OS. The van der Waals surface area contributed by atoms with Crippen molar-refractivity contribution < 1.29 is 4.79 Å². The second kappa shape index (κ2) is 7.94. The second-order valence-corrected chi connectivity index (χ2v) is 7.55. The molecule has 1 atom stereocenters. The highest BCUT2D eigenvalue weighted by atomic mass is 35.5. The molecule has 1 amide bonds. The van der Waals surface area contributed by atoms with Gasteiger partial charge in [-0.15, -0.1) is 5.10 Å². The van der Waals surface area contributed by atoms with Gasteiger partial charge in [0.2, 0.25) is 11.1 Å². The third-order valence-corrected chi connectivity index (χ3v) is 5.28. The molecule has 1 N–H and O–H groups in total. The van der Waals surface area contributed by atoms with Crippen LogP contribution >= 0.6 is 23.4 Å². The highest BCUT2D eigenvalue weighted by Crippen LogP contribution is 2.31. The molecule has 1 aliphatic carbocycles. The summed E-state index contributed by atoms with van der Waals surface area (Å²) in [5, 5.41) is 15.6. The van der Waals surface area contributed by atoms with Gasteiger partial charge in [-0.2, -0.15) is 0 Å². The Morgan fingerprint density at radius 2 is 2.17 bits per heavy atom. The van der Waals surface area contributed by atoms with Crippen molar-refractivity contribution in [1.82, 2.24) is 25.2 Å². The Balaban J connectivity index is 1.62. The Morgan fingerprint density at radius 3 is 2.88 bits per heavy atom. The van der Waals surface area contributed by atoms with E-state index in [0.29, 0.717) is 22.0 Å². The zero-order chi connectivity index (χ0) is 16.9. The summed E-state index contributed by atoms with van der Waals surface area (Å²) >= 11 is 7.15. The van der Waals surface area contributed by atoms with E-state index in [-0.39, 0.29) is 11.2 Å². The largest absolute Gasteiger partial charge is 0.310 e. The van der Waals surface area contributed by atoms with Gasteiger partial charge in [-0.25, -0.2) is 9.67 Å². The molecule has 0 bridgehead atoms.